The van der Waals surface area contributed by atoms with Crippen molar-refractivity contribution in [3.05, 3.63) is 68.4 Å². The van der Waals surface area contributed by atoms with Crippen LogP contribution in [0.1, 0.15) is 56.8 Å². The molecule has 0 bridgehead atoms. The lowest BCUT2D eigenvalue weighted by molar-refractivity contribution is -0.136. The average molecular weight is 421 g/mol. The number of hydrogen-bond acceptors (Lipinski definition) is 6. The van der Waals surface area contributed by atoms with Gasteiger partial charge in [0.05, 0.1) is 24.0 Å². The number of fused-ring (bicyclic) bond motifs is 1. The van der Waals surface area contributed by atoms with E-state index in [0.29, 0.717) is 57.2 Å². The summed E-state index contributed by atoms with van der Waals surface area (Å²) in [5.41, 5.74) is 3.11. The van der Waals surface area contributed by atoms with Gasteiger partial charge in [-0.05, 0) is 32.8 Å². The summed E-state index contributed by atoms with van der Waals surface area (Å²) in [7, 11) is 1.33. The van der Waals surface area contributed by atoms with Crippen molar-refractivity contribution in [3.63, 3.8) is 0 Å². The van der Waals surface area contributed by atoms with Crippen LogP contribution in [0, 0.1) is 12.8 Å². The van der Waals surface area contributed by atoms with E-state index in [1.807, 2.05) is 13.0 Å². The Balaban J connectivity index is 1.95. The first-order chi connectivity index (χ1) is 14.8. The van der Waals surface area contributed by atoms with Crippen LogP contribution in [-0.4, -0.2) is 18.9 Å². The summed E-state index contributed by atoms with van der Waals surface area (Å²) in [6, 6.07) is 6.73. The fourth-order valence-electron chi connectivity index (χ4n) is 4.67. The monoisotopic (exact) mass is 421 g/mol. The number of Topliss-reactive ketones (excluding diaryl/α,β-unsaturated/α-hetero) is 1. The van der Waals surface area contributed by atoms with Gasteiger partial charge in [0.1, 0.15) is 11.3 Å². The van der Waals surface area contributed by atoms with Crippen molar-refractivity contribution in [2.75, 3.05) is 7.11 Å². The normalized spacial score (nSPS) is 19.3. The third-order valence-corrected chi connectivity index (χ3v) is 6.38. The van der Waals surface area contributed by atoms with Crippen LogP contribution in [0.25, 0.3) is 11.0 Å². The Hall–Kier alpha value is -3.15. The van der Waals surface area contributed by atoms with Crippen LogP contribution in [0.2, 0.25) is 0 Å². The largest absolute Gasteiger partial charge is 0.466 e. The first-order valence-electron chi connectivity index (χ1n) is 10.6. The SMILES string of the molecule is COC(=O)C1=C(C)NC(C)=C(C(=O)CC2CCC2)C1c1cccc2c(=O)cc(C)oc12. The molecule has 6 nitrogen and oxygen atoms in total. The fourth-order valence-corrected chi connectivity index (χ4v) is 4.67. The van der Waals surface area contributed by atoms with Crippen LogP contribution in [0.4, 0.5) is 0 Å². The maximum absolute atomic E-state index is 13.5. The van der Waals surface area contributed by atoms with E-state index in [9.17, 15) is 14.4 Å². The van der Waals surface area contributed by atoms with E-state index in [1.165, 1.54) is 13.2 Å². The standard InChI is InChI=1S/C25H27NO5/c1-13-11-19(27)17-9-6-10-18(24(17)31-13)23-21(20(28)12-16-7-5-8-16)14(2)26-15(3)22(23)25(29)30-4/h6,9-11,16,23,26H,5,7-8,12H2,1-4H3. The Morgan fingerprint density at radius 3 is 2.48 bits per heavy atom. The summed E-state index contributed by atoms with van der Waals surface area (Å²) in [5, 5.41) is 3.62. The van der Waals surface area contributed by atoms with Crippen LogP contribution >= 0.6 is 0 Å². The third-order valence-electron chi connectivity index (χ3n) is 6.38. The molecule has 31 heavy (non-hydrogen) atoms. The first-order valence-corrected chi connectivity index (χ1v) is 10.6. The maximum atomic E-state index is 13.5. The highest BCUT2D eigenvalue weighted by Crippen LogP contribution is 2.43. The second kappa shape index (κ2) is 8.17. The lowest BCUT2D eigenvalue weighted by atomic mass is 9.74. The number of dihydropyridines is 1. The molecule has 1 atom stereocenters. The Labute approximate surface area is 181 Å². The van der Waals surface area contributed by atoms with Gasteiger partial charge in [-0.15, -0.1) is 0 Å². The van der Waals surface area contributed by atoms with Crippen molar-refractivity contribution in [2.24, 2.45) is 5.92 Å². The minimum atomic E-state index is -0.671. The molecule has 1 fully saturated rings. The highest BCUT2D eigenvalue weighted by molar-refractivity contribution is 6.04. The van der Waals surface area contributed by atoms with E-state index in [1.54, 1.807) is 26.0 Å². The molecule has 162 valence electrons. The molecule has 1 N–H and O–H groups in total. The molecule has 1 aliphatic carbocycles. The third kappa shape index (κ3) is 3.71. The van der Waals surface area contributed by atoms with E-state index in [-0.39, 0.29) is 11.2 Å². The number of para-hydroxylation sites is 1. The van der Waals surface area contributed by atoms with Gasteiger partial charge in [0.15, 0.2) is 11.2 Å². The minimum absolute atomic E-state index is 0.0145. The van der Waals surface area contributed by atoms with E-state index in [0.717, 1.165) is 19.3 Å². The molecule has 1 saturated carbocycles. The quantitative estimate of drug-likeness (QED) is 0.726. The van der Waals surface area contributed by atoms with Crippen LogP contribution in [0.3, 0.4) is 0 Å². The number of carbonyl (C=O) groups excluding carboxylic acids is 2. The summed E-state index contributed by atoms with van der Waals surface area (Å²) >= 11 is 0. The second-order valence-corrected chi connectivity index (χ2v) is 8.50. The van der Waals surface area contributed by atoms with E-state index < -0.39 is 11.9 Å². The van der Waals surface area contributed by atoms with Crippen molar-refractivity contribution in [2.45, 2.75) is 52.4 Å². The number of ketones is 1. The zero-order chi connectivity index (χ0) is 22.3. The Kier molecular flexibility index (Phi) is 5.56. The van der Waals surface area contributed by atoms with Crippen LogP contribution in [-0.2, 0) is 14.3 Å². The molecule has 1 aromatic carbocycles. The molecule has 0 saturated heterocycles. The Morgan fingerprint density at radius 1 is 1.13 bits per heavy atom. The number of rotatable bonds is 5. The molecule has 1 aliphatic heterocycles. The number of methoxy groups -OCH3 is 1. The van der Waals surface area contributed by atoms with Gasteiger partial charge in [0, 0.05) is 35.0 Å². The van der Waals surface area contributed by atoms with E-state index in [4.69, 9.17) is 9.15 Å². The number of hydrogen-bond donors (Lipinski definition) is 1. The molecular weight excluding hydrogens is 394 g/mol. The highest BCUT2D eigenvalue weighted by Gasteiger charge is 2.39. The van der Waals surface area contributed by atoms with Gasteiger partial charge < -0.3 is 14.5 Å². The number of allylic oxidation sites excluding steroid dienone is 3. The molecule has 1 unspecified atom stereocenters. The average Bonchev–Trinajstić information content (AvgIpc) is 2.69. The van der Waals surface area contributed by atoms with Gasteiger partial charge in [-0.25, -0.2) is 4.79 Å². The zero-order valence-electron chi connectivity index (χ0n) is 18.3. The summed E-state index contributed by atoms with van der Waals surface area (Å²) in [6.45, 7) is 5.36. The summed E-state index contributed by atoms with van der Waals surface area (Å²) in [4.78, 5) is 38.9. The van der Waals surface area contributed by atoms with Crippen LogP contribution in [0.15, 0.2) is 56.0 Å². The van der Waals surface area contributed by atoms with Crippen molar-refractivity contribution >= 4 is 22.7 Å². The number of esters is 1. The number of carbonyl (C=O) groups is 2. The predicted molar refractivity (Wildman–Crippen MR) is 117 cm³/mol. The predicted octanol–water partition coefficient (Wildman–Crippen LogP) is 4.27. The summed E-state index contributed by atoms with van der Waals surface area (Å²) in [5.74, 6) is -0.309. The number of aryl methyl sites for hydroxylation is 1. The molecule has 6 heteroatoms. The van der Waals surface area contributed by atoms with Gasteiger partial charge in [0.25, 0.3) is 0 Å². The van der Waals surface area contributed by atoms with Gasteiger partial charge in [-0.3, -0.25) is 9.59 Å². The smallest absolute Gasteiger partial charge is 0.336 e. The lowest BCUT2D eigenvalue weighted by Gasteiger charge is -2.32. The molecule has 4 rings (SSSR count). The molecule has 2 aromatic rings. The molecule has 2 aliphatic rings. The van der Waals surface area contributed by atoms with Gasteiger partial charge in [0.2, 0.25) is 0 Å². The fraction of sp³-hybridized carbons (Fsp3) is 0.400. The Morgan fingerprint density at radius 2 is 1.84 bits per heavy atom. The molecule has 0 spiro atoms. The second-order valence-electron chi connectivity index (χ2n) is 8.50. The molecule has 2 heterocycles. The van der Waals surface area contributed by atoms with Gasteiger partial charge in [-0.1, -0.05) is 31.4 Å². The van der Waals surface area contributed by atoms with E-state index >= 15 is 0 Å². The van der Waals surface area contributed by atoms with Crippen molar-refractivity contribution in [3.8, 4) is 0 Å². The minimum Gasteiger partial charge on any atom is -0.466 e. The zero-order valence-corrected chi connectivity index (χ0v) is 18.3. The van der Waals surface area contributed by atoms with Crippen molar-refractivity contribution in [1.29, 1.82) is 0 Å². The van der Waals surface area contributed by atoms with Crippen molar-refractivity contribution < 1.29 is 18.7 Å². The summed E-state index contributed by atoms with van der Waals surface area (Å²) in [6.07, 6.45) is 3.71. The molecular formula is C25H27NO5. The number of nitrogens with one attached hydrogen (secondary N) is 1. The van der Waals surface area contributed by atoms with E-state index in [2.05, 4.69) is 5.32 Å². The number of ether oxygens (including phenoxy) is 1. The molecule has 1 aromatic heterocycles. The van der Waals surface area contributed by atoms with Crippen molar-refractivity contribution in [1.82, 2.24) is 5.32 Å². The lowest BCUT2D eigenvalue weighted by Crippen LogP contribution is -2.32. The molecule has 0 amide bonds. The molecule has 0 radical (unpaired) electrons. The van der Waals surface area contributed by atoms with Gasteiger partial charge >= 0.3 is 5.97 Å². The number of benzene rings is 1. The Bertz CT molecular complexity index is 1200. The van der Waals surface area contributed by atoms with Crippen LogP contribution < -0.4 is 10.7 Å². The van der Waals surface area contributed by atoms with Crippen LogP contribution in [0.5, 0.6) is 0 Å². The van der Waals surface area contributed by atoms with Gasteiger partial charge in [-0.2, -0.15) is 0 Å². The summed E-state index contributed by atoms with van der Waals surface area (Å²) < 4.78 is 11.1. The topological polar surface area (TPSA) is 85.6 Å². The maximum Gasteiger partial charge on any atom is 0.336 e. The highest BCUT2D eigenvalue weighted by atomic mass is 16.5. The first kappa shape index (κ1) is 21.1.